The van der Waals surface area contributed by atoms with Crippen molar-refractivity contribution in [1.29, 1.82) is 0 Å². The molecule has 6 heteroatoms. The standard InChI is InChI=1S/C19H17FN2O2S/c20-13-3-4-17-15(8-13)16(9-18(21-17)12-5-7-25-11-12)19(24)22-6-1-2-14(22)10-23/h3-5,7-9,11,14,23H,1-2,6,10H2. The first kappa shape index (κ1) is 16.2. The van der Waals surface area contributed by atoms with Gasteiger partial charge in [0.2, 0.25) is 0 Å². The van der Waals surface area contributed by atoms with Gasteiger partial charge in [-0.2, -0.15) is 11.3 Å². The van der Waals surface area contributed by atoms with Crippen molar-refractivity contribution in [2.24, 2.45) is 0 Å². The molecule has 0 bridgehead atoms. The van der Waals surface area contributed by atoms with E-state index in [1.807, 2.05) is 16.8 Å². The summed E-state index contributed by atoms with van der Waals surface area (Å²) in [5.41, 5.74) is 2.66. The lowest BCUT2D eigenvalue weighted by atomic mass is 10.0. The third-order valence-corrected chi connectivity index (χ3v) is 5.35. The van der Waals surface area contributed by atoms with E-state index in [1.54, 1.807) is 28.4 Å². The molecule has 3 heterocycles. The van der Waals surface area contributed by atoms with Gasteiger partial charge in [-0.3, -0.25) is 4.79 Å². The maximum atomic E-state index is 13.8. The smallest absolute Gasteiger partial charge is 0.254 e. The molecule has 1 aliphatic rings. The minimum atomic E-state index is -0.397. The second kappa shape index (κ2) is 6.54. The van der Waals surface area contributed by atoms with Crippen LogP contribution in [0.5, 0.6) is 0 Å². The molecule has 1 saturated heterocycles. The molecule has 4 nitrogen and oxygen atoms in total. The zero-order valence-electron chi connectivity index (χ0n) is 13.5. The number of carbonyl (C=O) groups excluding carboxylic acids is 1. The molecular weight excluding hydrogens is 339 g/mol. The molecule has 0 spiro atoms. The second-order valence-electron chi connectivity index (χ2n) is 6.21. The Kier molecular flexibility index (Phi) is 4.23. The summed E-state index contributed by atoms with van der Waals surface area (Å²) in [4.78, 5) is 19.4. The molecule has 0 saturated carbocycles. The number of fused-ring (bicyclic) bond motifs is 1. The van der Waals surface area contributed by atoms with Crippen LogP contribution >= 0.6 is 11.3 Å². The van der Waals surface area contributed by atoms with Crippen molar-refractivity contribution in [3.8, 4) is 11.3 Å². The van der Waals surface area contributed by atoms with Crippen LogP contribution in [-0.4, -0.2) is 40.1 Å². The molecule has 1 unspecified atom stereocenters. The first-order valence-electron chi connectivity index (χ1n) is 8.22. The maximum absolute atomic E-state index is 13.8. The number of likely N-dealkylation sites (tertiary alicyclic amines) is 1. The molecule has 0 aliphatic carbocycles. The first-order valence-corrected chi connectivity index (χ1v) is 9.16. The number of rotatable bonds is 3. The number of hydrogen-bond acceptors (Lipinski definition) is 4. The largest absolute Gasteiger partial charge is 0.394 e. The SMILES string of the molecule is O=C(c1cc(-c2ccsc2)nc2ccc(F)cc12)N1CCCC1CO. The van der Waals surface area contributed by atoms with Crippen LogP contribution in [0.4, 0.5) is 4.39 Å². The Morgan fingerprint density at radius 3 is 3.00 bits per heavy atom. The van der Waals surface area contributed by atoms with E-state index in [4.69, 9.17) is 0 Å². The number of hydrogen-bond donors (Lipinski definition) is 1. The fourth-order valence-electron chi connectivity index (χ4n) is 3.38. The van der Waals surface area contributed by atoms with E-state index in [1.165, 1.54) is 12.1 Å². The van der Waals surface area contributed by atoms with Gasteiger partial charge in [-0.25, -0.2) is 9.37 Å². The lowest BCUT2D eigenvalue weighted by Crippen LogP contribution is -2.37. The van der Waals surface area contributed by atoms with Crippen LogP contribution in [0.25, 0.3) is 22.2 Å². The third-order valence-electron chi connectivity index (χ3n) is 4.67. The van der Waals surface area contributed by atoms with Crippen LogP contribution in [0.3, 0.4) is 0 Å². The summed E-state index contributed by atoms with van der Waals surface area (Å²) in [5, 5.41) is 14.0. The Morgan fingerprint density at radius 2 is 2.24 bits per heavy atom. The van der Waals surface area contributed by atoms with Crippen LogP contribution in [0, 0.1) is 5.82 Å². The zero-order chi connectivity index (χ0) is 17.4. The summed E-state index contributed by atoms with van der Waals surface area (Å²) in [6, 6.07) is 7.82. The summed E-state index contributed by atoms with van der Waals surface area (Å²) in [5.74, 6) is -0.571. The highest BCUT2D eigenvalue weighted by Gasteiger charge is 2.30. The number of amides is 1. The van der Waals surface area contributed by atoms with Crippen molar-refractivity contribution in [3.05, 3.63) is 52.5 Å². The summed E-state index contributed by atoms with van der Waals surface area (Å²) in [6.07, 6.45) is 1.66. The summed E-state index contributed by atoms with van der Waals surface area (Å²) >= 11 is 1.56. The summed E-state index contributed by atoms with van der Waals surface area (Å²) in [7, 11) is 0. The highest BCUT2D eigenvalue weighted by atomic mass is 32.1. The van der Waals surface area contributed by atoms with Crippen LogP contribution < -0.4 is 0 Å². The van der Waals surface area contributed by atoms with Crippen LogP contribution in [-0.2, 0) is 0 Å². The molecule has 0 radical (unpaired) electrons. The summed E-state index contributed by atoms with van der Waals surface area (Å²) < 4.78 is 13.8. The number of aromatic nitrogens is 1. The lowest BCUT2D eigenvalue weighted by molar-refractivity contribution is 0.0679. The molecule has 1 aromatic carbocycles. The molecule has 1 atom stereocenters. The molecule has 1 aliphatic heterocycles. The van der Waals surface area contributed by atoms with Crippen LogP contribution in [0.1, 0.15) is 23.2 Å². The van der Waals surface area contributed by atoms with E-state index < -0.39 is 5.82 Å². The number of aliphatic hydroxyl groups is 1. The molecule has 25 heavy (non-hydrogen) atoms. The maximum Gasteiger partial charge on any atom is 0.254 e. The van der Waals surface area contributed by atoms with Gasteiger partial charge in [0.15, 0.2) is 0 Å². The molecule has 4 rings (SSSR count). The van der Waals surface area contributed by atoms with Crippen molar-refractivity contribution in [3.63, 3.8) is 0 Å². The lowest BCUT2D eigenvalue weighted by Gasteiger charge is -2.24. The Morgan fingerprint density at radius 1 is 1.36 bits per heavy atom. The van der Waals surface area contributed by atoms with E-state index in [0.29, 0.717) is 28.7 Å². The number of thiophene rings is 1. The van der Waals surface area contributed by atoms with Crippen molar-refractivity contribution in [2.75, 3.05) is 13.2 Å². The van der Waals surface area contributed by atoms with Gasteiger partial charge in [0.05, 0.1) is 29.4 Å². The quantitative estimate of drug-likeness (QED) is 0.778. The number of carbonyl (C=O) groups is 1. The fourth-order valence-corrected chi connectivity index (χ4v) is 4.03. The van der Waals surface area contributed by atoms with Gasteiger partial charge < -0.3 is 10.0 Å². The highest BCUT2D eigenvalue weighted by molar-refractivity contribution is 7.08. The predicted molar refractivity (Wildman–Crippen MR) is 96.2 cm³/mol. The van der Waals surface area contributed by atoms with Crippen molar-refractivity contribution in [2.45, 2.75) is 18.9 Å². The minimum Gasteiger partial charge on any atom is -0.394 e. The van der Waals surface area contributed by atoms with E-state index >= 15 is 0 Å². The summed E-state index contributed by atoms with van der Waals surface area (Å²) in [6.45, 7) is 0.553. The predicted octanol–water partition coefficient (Wildman–Crippen LogP) is 3.70. The van der Waals surface area contributed by atoms with Gasteiger partial charge >= 0.3 is 0 Å². The Hall–Kier alpha value is -2.31. The van der Waals surface area contributed by atoms with E-state index in [2.05, 4.69) is 4.98 Å². The average Bonchev–Trinajstić information content (AvgIpc) is 3.31. The third kappa shape index (κ3) is 2.92. The number of nitrogens with zero attached hydrogens (tertiary/aromatic N) is 2. The van der Waals surface area contributed by atoms with Crippen molar-refractivity contribution in [1.82, 2.24) is 9.88 Å². The molecular formula is C19H17FN2O2S. The van der Waals surface area contributed by atoms with Gasteiger partial charge in [-0.05, 0) is 48.6 Å². The Bertz CT molecular complexity index is 927. The molecule has 1 fully saturated rings. The van der Waals surface area contributed by atoms with Crippen molar-refractivity contribution < 1.29 is 14.3 Å². The first-order chi connectivity index (χ1) is 12.2. The van der Waals surface area contributed by atoms with Gasteiger partial charge in [0.25, 0.3) is 5.91 Å². The molecule has 2 aromatic heterocycles. The van der Waals surface area contributed by atoms with Crippen LogP contribution in [0.2, 0.25) is 0 Å². The number of halogens is 1. The topological polar surface area (TPSA) is 53.4 Å². The monoisotopic (exact) mass is 356 g/mol. The van der Waals surface area contributed by atoms with Gasteiger partial charge in [-0.15, -0.1) is 0 Å². The highest BCUT2D eigenvalue weighted by Crippen LogP contribution is 2.29. The Labute approximate surface area is 148 Å². The number of aliphatic hydroxyl groups excluding tert-OH is 1. The molecule has 128 valence electrons. The van der Waals surface area contributed by atoms with E-state index in [0.717, 1.165) is 18.4 Å². The number of benzene rings is 1. The second-order valence-corrected chi connectivity index (χ2v) is 6.99. The normalized spacial score (nSPS) is 17.4. The fraction of sp³-hybridized carbons (Fsp3) is 0.263. The van der Waals surface area contributed by atoms with E-state index in [-0.39, 0.29) is 18.6 Å². The van der Waals surface area contributed by atoms with Crippen molar-refractivity contribution >= 4 is 28.1 Å². The molecule has 1 amide bonds. The van der Waals surface area contributed by atoms with Gasteiger partial charge in [0, 0.05) is 22.9 Å². The number of pyridine rings is 1. The zero-order valence-corrected chi connectivity index (χ0v) is 14.3. The van der Waals surface area contributed by atoms with Gasteiger partial charge in [0.1, 0.15) is 5.82 Å². The van der Waals surface area contributed by atoms with Gasteiger partial charge in [-0.1, -0.05) is 0 Å². The average molecular weight is 356 g/mol. The Balaban J connectivity index is 1.88. The molecule has 3 aromatic rings. The molecule has 1 N–H and O–H groups in total. The van der Waals surface area contributed by atoms with E-state index in [9.17, 15) is 14.3 Å². The van der Waals surface area contributed by atoms with Crippen LogP contribution in [0.15, 0.2) is 41.1 Å². The minimum absolute atomic E-state index is 0.0551.